The summed E-state index contributed by atoms with van der Waals surface area (Å²) in [6, 6.07) is 12.2. The average molecular weight is 482 g/mol. The molecular formula is C24H27N5O2S2. The number of aryl methyl sites for hydroxylation is 2. The van der Waals surface area contributed by atoms with E-state index in [1.807, 2.05) is 43.5 Å². The highest BCUT2D eigenvalue weighted by molar-refractivity contribution is 7.99. The summed E-state index contributed by atoms with van der Waals surface area (Å²) in [4.78, 5) is 16.0. The second-order valence-electron chi connectivity index (χ2n) is 8.12. The Morgan fingerprint density at radius 3 is 2.82 bits per heavy atom. The Morgan fingerprint density at radius 2 is 2.15 bits per heavy atom. The van der Waals surface area contributed by atoms with Crippen LogP contribution in [0.4, 0.5) is 5.69 Å². The van der Waals surface area contributed by atoms with Crippen LogP contribution in [0.1, 0.15) is 30.4 Å². The van der Waals surface area contributed by atoms with Crippen molar-refractivity contribution in [3.8, 4) is 16.8 Å². The molecule has 1 aliphatic heterocycles. The van der Waals surface area contributed by atoms with Gasteiger partial charge < -0.3 is 9.64 Å². The van der Waals surface area contributed by atoms with Crippen molar-refractivity contribution in [3.05, 3.63) is 46.8 Å². The predicted molar refractivity (Wildman–Crippen MR) is 132 cm³/mol. The number of amides is 1. The molecule has 4 rings (SSSR count). The van der Waals surface area contributed by atoms with Gasteiger partial charge in [0.2, 0.25) is 5.91 Å². The third-order valence-electron chi connectivity index (χ3n) is 5.46. The number of carbonyl (C=O) groups excluding carboxylic acids is 1. The van der Waals surface area contributed by atoms with Crippen LogP contribution in [0.25, 0.3) is 10.7 Å². The first-order chi connectivity index (χ1) is 16.0. The van der Waals surface area contributed by atoms with Crippen molar-refractivity contribution in [2.45, 2.75) is 50.9 Å². The Labute approximate surface area is 202 Å². The summed E-state index contributed by atoms with van der Waals surface area (Å²) in [7, 11) is 0. The Hall–Kier alpha value is -2.67. The van der Waals surface area contributed by atoms with E-state index in [0.29, 0.717) is 18.2 Å². The SMILES string of the molecule is Cc1cc(C)cc(N(CCC#N)C(=O)CSc2nnc(-c3cccs3)n2C[C@@H]2CCCO2)c1. The Morgan fingerprint density at radius 1 is 1.33 bits per heavy atom. The van der Waals surface area contributed by atoms with Crippen molar-refractivity contribution in [2.24, 2.45) is 0 Å². The van der Waals surface area contributed by atoms with Crippen LogP contribution in [0.2, 0.25) is 0 Å². The van der Waals surface area contributed by atoms with Gasteiger partial charge in [0.1, 0.15) is 0 Å². The number of ether oxygens (including phenoxy) is 1. The minimum absolute atomic E-state index is 0.0513. The zero-order chi connectivity index (χ0) is 23.2. The van der Waals surface area contributed by atoms with Gasteiger partial charge in [-0.05, 0) is 61.4 Å². The van der Waals surface area contributed by atoms with E-state index < -0.39 is 0 Å². The number of nitrogens with zero attached hydrogens (tertiary/aromatic N) is 5. The standard InChI is InChI=1S/C24H27N5O2S2/c1-17-12-18(2)14-19(13-17)28(9-5-8-25)22(30)16-33-24-27-26-23(21-7-4-11-32-21)29(24)15-20-6-3-10-31-20/h4,7,11-14,20H,3,5-6,9-10,15-16H2,1-2H3/t20-/m0/s1. The van der Waals surface area contributed by atoms with E-state index in [1.54, 1.807) is 16.2 Å². The van der Waals surface area contributed by atoms with Crippen molar-refractivity contribution in [2.75, 3.05) is 23.8 Å². The van der Waals surface area contributed by atoms with E-state index >= 15 is 0 Å². The van der Waals surface area contributed by atoms with Gasteiger partial charge in [-0.1, -0.05) is 23.9 Å². The van der Waals surface area contributed by atoms with E-state index in [1.165, 1.54) is 11.8 Å². The Balaban J connectivity index is 1.54. The van der Waals surface area contributed by atoms with Crippen LogP contribution < -0.4 is 4.90 Å². The maximum absolute atomic E-state index is 13.3. The van der Waals surface area contributed by atoms with Gasteiger partial charge in [-0.2, -0.15) is 5.26 Å². The number of benzene rings is 1. The number of anilines is 1. The second-order valence-corrected chi connectivity index (χ2v) is 10.0. The first-order valence-corrected chi connectivity index (χ1v) is 12.9. The Kier molecular flexibility index (Phi) is 7.81. The summed E-state index contributed by atoms with van der Waals surface area (Å²) in [6.45, 7) is 5.84. The van der Waals surface area contributed by atoms with Crippen LogP contribution in [0, 0.1) is 25.2 Å². The van der Waals surface area contributed by atoms with Gasteiger partial charge in [0.05, 0.1) is 35.8 Å². The summed E-state index contributed by atoms with van der Waals surface area (Å²) in [5.41, 5.74) is 3.00. The molecule has 0 radical (unpaired) electrons. The highest BCUT2D eigenvalue weighted by Crippen LogP contribution is 2.29. The summed E-state index contributed by atoms with van der Waals surface area (Å²) in [5, 5.41) is 20.7. The lowest BCUT2D eigenvalue weighted by Crippen LogP contribution is -2.33. The lowest BCUT2D eigenvalue weighted by atomic mass is 10.1. The molecule has 0 N–H and O–H groups in total. The van der Waals surface area contributed by atoms with E-state index in [4.69, 9.17) is 10.00 Å². The van der Waals surface area contributed by atoms with Crippen molar-refractivity contribution < 1.29 is 9.53 Å². The molecule has 1 aliphatic rings. The molecule has 9 heteroatoms. The van der Waals surface area contributed by atoms with Crippen LogP contribution in [0.3, 0.4) is 0 Å². The minimum atomic E-state index is -0.0513. The van der Waals surface area contributed by atoms with E-state index in [0.717, 1.165) is 47.0 Å². The van der Waals surface area contributed by atoms with Gasteiger partial charge >= 0.3 is 0 Å². The lowest BCUT2D eigenvalue weighted by Gasteiger charge is -2.23. The third-order valence-corrected chi connectivity index (χ3v) is 7.28. The van der Waals surface area contributed by atoms with E-state index in [2.05, 4.69) is 26.9 Å². The molecule has 2 aromatic heterocycles. The number of aromatic nitrogens is 3. The second kappa shape index (κ2) is 11.0. The lowest BCUT2D eigenvalue weighted by molar-refractivity contribution is -0.116. The molecule has 0 bridgehead atoms. The van der Waals surface area contributed by atoms with Crippen LogP contribution in [-0.4, -0.2) is 45.7 Å². The molecule has 33 heavy (non-hydrogen) atoms. The van der Waals surface area contributed by atoms with Gasteiger partial charge in [0.25, 0.3) is 0 Å². The molecule has 1 aromatic carbocycles. The number of nitriles is 1. The van der Waals surface area contributed by atoms with Crippen LogP contribution >= 0.6 is 23.1 Å². The van der Waals surface area contributed by atoms with E-state index in [-0.39, 0.29) is 24.2 Å². The molecule has 3 aromatic rings. The van der Waals surface area contributed by atoms with Crippen molar-refractivity contribution in [1.29, 1.82) is 5.26 Å². The van der Waals surface area contributed by atoms with Crippen molar-refractivity contribution >= 4 is 34.7 Å². The minimum Gasteiger partial charge on any atom is -0.376 e. The molecule has 0 spiro atoms. The quantitative estimate of drug-likeness (QED) is 0.407. The maximum atomic E-state index is 13.3. The summed E-state index contributed by atoms with van der Waals surface area (Å²) in [5.74, 6) is 0.975. The number of carbonyl (C=O) groups is 1. The highest BCUT2D eigenvalue weighted by atomic mass is 32.2. The molecule has 1 saturated heterocycles. The van der Waals surface area contributed by atoms with Gasteiger partial charge in [0.15, 0.2) is 11.0 Å². The molecule has 1 amide bonds. The molecular weight excluding hydrogens is 454 g/mol. The molecule has 1 atom stereocenters. The zero-order valence-electron chi connectivity index (χ0n) is 18.9. The molecule has 3 heterocycles. The fourth-order valence-corrected chi connectivity index (χ4v) is 5.55. The van der Waals surface area contributed by atoms with Crippen molar-refractivity contribution in [3.63, 3.8) is 0 Å². The fourth-order valence-electron chi connectivity index (χ4n) is 4.01. The van der Waals surface area contributed by atoms with Crippen molar-refractivity contribution in [1.82, 2.24) is 14.8 Å². The predicted octanol–water partition coefficient (Wildman–Crippen LogP) is 4.84. The monoisotopic (exact) mass is 481 g/mol. The van der Waals surface area contributed by atoms with Gasteiger partial charge in [-0.25, -0.2) is 0 Å². The van der Waals surface area contributed by atoms with Crippen LogP contribution in [0.15, 0.2) is 40.9 Å². The molecule has 7 nitrogen and oxygen atoms in total. The van der Waals surface area contributed by atoms with Gasteiger partial charge in [-0.15, -0.1) is 21.5 Å². The average Bonchev–Trinajstić information content (AvgIpc) is 3.55. The van der Waals surface area contributed by atoms with Crippen LogP contribution in [0.5, 0.6) is 0 Å². The topological polar surface area (TPSA) is 84.0 Å². The normalized spacial score (nSPS) is 15.5. The zero-order valence-corrected chi connectivity index (χ0v) is 20.5. The first-order valence-electron chi connectivity index (χ1n) is 11.0. The first kappa shape index (κ1) is 23.5. The number of thioether (sulfide) groups is 1. The maximum Gasteiger partial charge on any atom is 0.237 e. The molecule has 0 unspecified atom stereocenters. The molecule has 1 fully saturated rings. The molecule has 0 saturated carbocycles. The van der Waals surface area contributed by atoms with Gasteiger partial charge in [0, 0.05) is 18.8 Å². The number of rotatable bonds is 9. The number of thiophene rings is 1. The summed E-state index contributed by atoms with van der Waals surface area (Å²) >= 11 is 3.01. The summed E-state index contributed by atoms with van der Waals surface area (Å²) < 4.78 is 7.93. The number of hydrogen-bond acceptors (Lipinski definition) is 7. The fraction of sp³-hybridized carbons (Fsp3) is 0.417. The van der Waals surface area contributed by atoms with Gasteiger partial charge in [-0.3, -0.25) is 9.36 Å². The van der Waals surface area contributed by atoms with Crippen LogP contribution in [-0.2, 0) is 16.1 Å². The molecule has 0 aliphatic carbocycles. The Bertz CT molecular complexity index is 1110. The number of hydrogen-bond donors (Lipinski definition) is 0. The third kappa shape index (κ3) is 5.82. The largest absolute Gasteiger partial charge is 0.376 e. The highest BCUT2D eigenvalue weighted by Gasteiger charge is 2.24. The summed E-state index contributed by atoms with van der Waals surface area (Å²) in [6.07, 6.45) is 2.49. The van der Waals surface area contributed by atoms with E-state index in [9.17, 15) is 4.79 Å². The molecule has 172 valence electrons. The smallest absolute Gasteiger partial charge is 0.237 e.